The molecule has 0 saturated heterocycles. The number of rotatable bonds is 4. The van der Waals surface area contributed by atoms with Crippen LogP contribution in [0.1, 0.15) is 59.0 Å². The molecular weight excluding hydrogens is 360 g/mol. The van der Waals surface area contributed by atoms with Crippen molar-refractivity contribution in [3.63, 3.8) is 0 Å². The van der Waals surface area contributed by atoms with Crippen molar-refractivity contribution in [2.45, 2.75) is 38.6 Å². The molecule has 29 heavy (non-hydrogen) atoms. The Balaban J connectivity index is 1.50. The van der Waals surface area contributed by atoms with Gasteiger partial charge < -0.3 is 5.32 Å². The van der Waals surface area contributed by atoms with Crippen molar-refractivity contribution in [3.8, 4) is 0 Å². The Morgan fingerprint density at radius 1 is 1.14 bits per heavy atom. The van der Waals surface area contributed by atoms with E-state index in [4.69, 9.17) is 4.98 Å². The van der Waals surface area contributed by atoms with Crippen LogP contribution in [0, 0.1) is 6.92 Å². The number of pyridine rings is 1. The van der Waals surface area contributed by atoms with Gasteiger partial charge in [0.2, 0.25) is 0 Å². The number of fused-ring (bicyclic) bond motifs is 2. The molecule has 5 rings (SSSR count). The van der Waals surface area contributed by atoms with Crippen LogP contribution in [0.3, 0.4) is 0 Å². The highest BCUT2D eigenvalue weighted by atomic mass is 16.1. The summed E-state index contributed by atoms with van der Waals surface area (Å²) < 4.78 is 1.78. The molecule has 1 N–H and O–H groups in total. The second-order valence-corrected chi connectivity index (χ2v) is 8.08. The van der Waals surface area contributed by atoms with E-state index in [1.165, 1.54) is 10.8 Å². The molecule has 1 amide bonds. The van der Waals surface area contributed by atoms with E-state index in [1.807, 2.05) is 39.1 Å². The Labute approximate surface area is 169 Å². The number of amides is 1. The number of benzene rings is 2. The Morgan fingerprint density at radius 3 is 2.66 bits per heavy atom. The summed E-state index contributed by atoms with van der Waals surface area (Å²) in [5.41, 5.74) is 4.39. The summed E-state index contributed by atoms with van der Waals surface area (Å²) in [6.07, 6.45) is 2.29. The molecule has 0 spiro atoms. The number of hydrogen-bond donors (Lipinski definition) is 1. The largest absolute Gasteiger partial charge is 0.345 e. The van der Waals surface area contributed by atoms with Crippen LogP contribution in [-0.2, 0) is 7.05 Å². The smallest absolute Gasteiger partial charge is 0.252 e. The molecule has 2 aromatic carbocycles. The first-order valence-corrected chi connectivity index (χ1v) is 10.1. The van der Waals surface area contributed by atoms with E-state index in [0.717, 1.165) is 40.8 Å². The Morgan fingerprint density at radius 2 is 1.90 bits per heavy atom. The van der Waals surface area contributed by atoms with Crippen molar-refractivity contribution in [1.29, 1.82) is 0 Å². The molecule has 1 aliphatic carbocycles. The third-order valence-corrected chi connectivity index (χ3v) is 5.85. The van der Waals surface area contributed by atoms with Crippen LogP contribution >= 0.6 is 0 Å². The van der Waals surface area contributed by atoms with Gasteiger partial charge in [-0.25, -0.2) is 4.98 Å². The number of aromatic nitrogens is 3. The van der Waals surface area contributed by atoms with Crippen molar-refractivity contribution in [2.24, 2.45) is 7.05 Å². The summed E-state index contributed by atoms with van der Waals surface area (Å²) in [5, 5.41) is 10.9. The lowest BCUT2D eigenvalue weighted by molar-refractivity contribution is 0.0941. The minimum atomic E-state index is -0.100. The molecular formula is C24H24N4O. The minimum absolute atomic E-state index is 0.0731. The molecule has 2 aromatic heterocycles. The van der Waals surface area contributed by atoms with E-state index in [9.17, 15) is 4.79 Å². The maximum Gasteiger partial charge on any atom is 0.252 e. The first-order chi connectivity index (χ1) is 14.0. The predicted molar refractivity (Wildman–Crippen MR) is 115 cm³/mol. The third-order valence-electron chi connectivity index (χ3n) is 5.85. The average molecular weight is 384 g/mol. The SMILES string of the molecule is Cc1nn(C)c2nc(C3CC3)cc(C(=O)NC(C)c3ccc4ccccc4c3)c12. The second kappa shape index (κ2) is 6.69. The fourth-order valence-corrected chi connectivity index (χ4v) is 4.07. The molecule has 5 heteroatoms. The summed E-state index contributed by atoms with van der Waals surface area (Å²) in [6, 6.07) is 16.5. The number of carbonyl (C=O) groups excluding carboxylic acids is 1. The highest BCUT2D eigenvalue weighted by Crippen LogP contribution is 2.40. The molecule has 146 valence electrons. The van der Waals surface area contributed by atoms with Crippen LogP contribution in [0.15, 0.2) is 48.5 Å². The lowest BCUT2D eigenvalue weighted by Crippen LogP contribution is -2.27. The quantitative estimate of drug-likeness (QED) is 0.550. The lowest BCUT2D eigenvalue weighted by atomic mass is 10.0. The van der Waals surface area contributed by atoms with Gasteiger partial charge in [-0.3, -0.25) is 9.48 Å². The van der Waals surface area contributed by atoms with Gasteiger partial charge in [-0.2, -0.15) is 5.10 Å². The van der Waals surface area contributed by atoms with Crippen molar-refractivity contribution in [1.82, 2.24) is 20.1 Å². The molecule has 4 aromatic rings. The number of carbonyl (C=O) groups is 1. The molecule has 0 bridgehead atoms. The monoisotopic (exact) mass is 384 g/mol. The number of hydrogen-bond acceptors (Lipinski definition) is 3. The van der Waals surface area contributed by atoms with Crippen LogP contribution in [0.2, 0.25) is 0 Å². The molecule has 2 heterocycles. The van der Waals surface area contributed by atoms with Crippen LogP contribution in [0.5, 0.6) is 0 Å². The van der Waals surface area contributed by atoms with Gasteiger partial charge in [0.15, 0.2) is 5.65 Å². The van der Waals surface area contributed by atoms with Crippen LogP contribution in [0.25, 0.3) is 21.8 Å². The molecule has 1 unspecified atom stereocenters. The summed E-state index contributed by atoms with van der Waals surface area (Å²) in [4.78, 5) is 18.1. The predicted octanol–water partition coefficient (Wildman–Crippen LogP) is 4.80. The van der Waals surface area contributed by atoms with E-state index >= 15 is 0 Å². The summed E-state index contributed by atoms with van der Waals surface area (Å²) >= 11 is 0. The summed E-state index contributed by atoms with van der Waals surface area (Å²) in [7, 11) is 1.89. The van der Waals surface area contributed by atoms with Gasteiger partial charge >= 0.3 is 0 Å². The van der Waals surface area contributed by atoms with Crippen LogP contribution in [0.4, 0.5) is 0 Å². The number of nitrogens with one attached hydrogen (secondary N) is 1. The maximum atomic E-state index is 13.3. The standard InChI is InChI=1S/C24H24N4O/c1-14(18-11-8-16-6-4-5-7-19(16)12-18)25-24(29)20-13-21(17-9-10-17)26-23-22(20)15(2)27-28(23)3/h4-8,11-14,17H,9-10H2,1-3H3,(H,25,29). The highest BCUT2D eigenvalue weighted by Gasteiger charge is 2.28. The molecule has 0 aliphatic heterocycles. The second-order valence-electron chi connectivity index (χ2n) is 8.08. The van der Waals surface area contributed by atoms with Crippen molar-refractivity contribution in [2.75, 3.05) is 0 Å². The lowest BCUT2D eigenvalue weighted by Gasteiger charge is -2.16. The van der Waals surface area contributed by atoms with Crippen LogP contribution < -0.4 is 5.32 Å². The zero-order chi connectivity index (χ0) is 20.1. The molecule has 1 atom stereocenters. The molecule has 0 radical (unpaired) electrons. The summed E-state index contributed by atoms with van der Waals surface area (Å²) in [6.45, 7) is 3.96. The van der Waals surface area contributed by atoms with E-state index in [-0.39, 0.29) is 11.9 Å². The van der Waals surface area contributed by atoms with Gasteiger partial charge in [0.05, 0.1) is 22.7 Å². The highest BCUT2D eigenvalue weighted by molar-refractivity contribution is 6.06. The van der Waals surface area contributed by atoms with Gasteiger partial charge in [0, 0.05) is 18.7 Å². The topological polar surface area (TPSA) is 59.8 Å². The van der Waals surface area contributed by atoms with E-state index in [2.05, 4.69) is 40.7 Å². The van der Waals surface area contributed by atoms with Gasteiger partial charge in [-0.05, 0) is 55.2 Å². The van der Waals surface area contributed by atoms with E-state index in [1.54, 1.807) is 4.68 Å². The van der Waals surface area contributed by atoms with Gasteiger partial charge in [-0.15, -0.1) is 0 Å². The maximum absolute atomic E-state index is 13.3. The average Bonchev–Trinajstić information content (AvgIpc) is 3.53. The Kier molecular flexibility index (Phi) is 4.12. The fraction of sp³-hybridized carbons (Fsp3) is 0.292. The van der Waals surface area contributed by atoms with Crippen molar-refractivity contribution >= 4 is 27.7 Å². The normalized spacial score (nSPS) is 15.0. The zero-order valence-corrected chi connectivity index (χ0v) is 16.9. The molecule has 1 saturated carbocycles. The Bertz CT molecular complexity index is 1250. The van der Waals surface area contributed by atoms with Crippen LogP contribution in [-0.4, -0.2) is 20.7 Å². The van der Waals surface area contributed by atoms with E-state index in [0.29, 0.717) is 11.5 Å². The summed E-state index contributed by atoms with van der Waals surface area (Å²) in [5.74, 6) is 0.398. The third kappa shape index (κ3) is 3.16. The van der Waals surface area contributed by atoms with Gasteiger partial charge in [-0.1, -0.05) is 36.4 Å². The Hall–Kier alpha value is -3.21. The molecule has 1 aliphatic rings. The van der Waals surface area contributed by atoms with Gasteiger partial charge in [0.1, 0.15) is 0 Å². The van der Waals surface area contributed by atoms with Gasteiger partial charge in [0.25, 0.3) is 5.91 Å². The number of aryl methyl sites for hydroxylation is 2. The minimum Gasteiger partial charge on any atom is -0.345 e. The van der Waals surface area contributed by atoms with Crippen molar-refractivity contribution in [3.05, 3.63) is 71.0 Å². The first-order valence-electron chi connectivity index (χ1n) is 10.1. The van der Waals surface area contributed by atoms with Crippen molar-refractivity contribution < 1.29 is 4.79 Å². The number of nitrogens with zero attached hydrogens (tertiary/aromatic N) is 3. The molecule has 5 nitrogen and oxygen atoms in total. The van der Waals surface area contributed by atoms with E-state index < -0.39 is 0 Å². The molecule has 1 fully saturated rings. The fourth-order valence-electron chi connectivity index (χ4n) is 4.07. The first kappa shape index (κ1) is 17.9. The zero-order valence-electron chi connectivity index (χ0n) is 16.9.